The molecule has 0 radical (unpaired) electrons. The Morgan fingerprint density at radius 2 is 1.92 bits per heavy atom. The van der Waals surface area contributed by atoms with Crippen molar-refractivity contribution in [1.82, 2.24) is 0 Å². The molecule has 0 rings (SSSR count). The van der Waals surface area contributed by atoms with Gasteiger partial charge in [0.05, 0.1) is 0 Å². The minimum atomic E-state index is -0.539. The van der Waals surface area contributed by atoms with Crippen LogP contribution in [0.4, 0.5) is 0 Å². The van der Waals surface area contributed by atoms with Crippen molar-refractivity contribution in [2.75, 3.05) is 0 Å². The summed E-state index contributed by atoms with van der Waals surface area (Å²) in [5.41, 5.74) is 0.203. The Balaban J connectivity index is 3.80. The molecule has 72 valence electrons. The maximum absolute atomic E-state index is 10.6. The van der Waals surface area contributed by atoms with Gasteiger partial charge in [0.15, 0.2) is 0 Å². The standard InChI is InChI=1S/C9H18O3/c1-4-9(3,5-2)7-6-8(10)12-11/h11H,4-7H2,1-3H3. The van der Waals surface area contributed by atoms with E-state index < -0.39 is 5.97 Å². The average Bonchev–Trinajstić information content (AvgIpc) is 2.13. The third-order valence-electron chi connectivity index (χ3n) is 2.74. The molecule has 0 bridgehead atoms. The molecule has 0 atom stereocenters. The molecule has 3 nitrogen and oxygen atoms in total. The summed E-state index contributed by atoms with van der Waals surface area (Å²) in [7, 11) is 0. The molecule has 0 aliphatic carbocycles. The first-order valence-corrected chi connectivity index (χ1v) is 4.42. The predicted octanol–water partition coefficient (Wildman–Crippen LogP) is 2.61. The molecule has 0 aromatic rings. The van der Waals surface area contributed by atoms with E-state index in [4.69, 9.17) is 5.26 Å². The van der Waals surface area contributed by atoms with Crippen LogP contribution in [0.5, 0.6) is 0 Å². The van der Waals surface area contributed by atoms with E-state index in [0.29, 0.717) is 6.42 Å². The fraction of sp³-hybridized carbons (Fsp3) is 0.889. The van der Waals surface area contributed by atoms with Gasteiger partial charge in [-0.1, -0.05) is 33.6 Å². The molecule has 0 heterocycles. The van der Waals surface area contributed by atoms with Gasteiger partial charge in [-0.15, -0.1) is 0 Å². The van der Waals surface area contributed by atoms with Gasteiger partial charge in [-0.25, -0.2) is 4.79 Å². The van der Waals surface area contributed by atoms with E-state index in [1.807, 2.05) is 0 Å². The number of hydrogen-bond donors (Lipinski definition) is 1. The van der Waals surface area contributed by atoms with Gasteiger partial charge >= 0.3 is 5.97 Å². The van der Waals surface area contributed by atoms with Crippen LogP contribution < -0.4 is 0 Å². The van der Waals surface area contributed by atoms with Crippen molar-refractivity contribution in [3.05, 3.63) is 0 Å². The quantitative estimate of drug-likeness (QED) is 0.514. The molecule has 0 aromatic heterocycles. The maximum Gasteiger partial charge on any atom is 0.342 e. The van der Waals surface area contributed by atoms with Crippen LogP contribution in [0.1, 0.15) is 46.5 Å². The highest BCUT2D eigenvalue weighted by atomic mass is 17.1. The van der Waals surface area contributed by atoms with E-state index >= 15 is 0 Å². The summed E-state index contributed by atoms with van der Waals surface area (Å²) in [6, 6.07) is 0. The van der Waals surface area contributed by atoms with Crippen LogP contribution in [0.15, 0.2) is 0 Å². The van der Waals surface area contributed by atoms with Gasteiger partial charge in [-0.3, -0.25) is 0 Å². The number of rotatable bonds is 5. The molecule has 0 aromatic carbocycles. The second-order valence-electron chi connectivity index (χ2n) is 3.48. The summed E-state index contributed by atoms with van der Waals surface area (Å²) in [4.78, 5) is 14.2. The van der Waals surface area contributed by atoms with Crippen LogP contribution >= 0.6 is 0 Å². The fourth-order valence-corrected chi connectivity index (χ4v) is 1.05. The summed E-state index contributed by atoms with van der Waals surface area (Å²) in [5.74, 6) is -0.539. The second-order valence-corrected chi connectivity index (χ2v) is 3.48. The zero-order valence-electron chi connectivity index (χ0n) is 8.09. The van der Waals surface area contributed by atoms with Gasteiger partial charge in [0.1, 0.15) is 0 Å². The zero-order valence-corrected chi connectivity index (χ0v) is 8.09. The third-order valence-corrected chi connectivity index (χ3v) is 2.74. The van der Waals surface area contributed by atoms with Crippen LogP contribution in [-0.4, -0.2) is 11.2 Å². The van der Waals surface area contributed by atoms with Crippen molar-refractivity contribution < 1.29 is 14.9 Å². The van der Waals surface area contributed by atoms with E-state index in [1.165, 1.54) is 0 Å². The van der Waals surface area contributed by atoms with Gasteiger partial charge in [0.25, 0.3) is 0 Å². The highest BCUT2D eigenvalue weighted by molar-refractivity contribution is 5.68. The monoisotopic (exact) mass is 174 g/mol. The Labute approximate surface area is 73.7 Å². The normalized spacial score (nSPS) is 11.3. The molecule has 0 spiro atoms. The van der Waals surface area contributed by atoms with Crippen molar-refractivity contribution in [3.8, 4) is 0 Å². The molecule has 0 unspecified atom stereocenters. The van der Waals surface area contributed by atoms with Gasteiger partial charge < -0.3 is 4.89 Å². The van der Waals surface area contributed by atoms with E-state index in [9.17, 15) is 4.79 Å². The highest BCUT2D eigenvalue weighted by Gasteiger charge is 2.20. The number of carbonyl (C=O) groups is 1. The molecule has 0 aliphatic heterocycles. The molecule has 3 heteroatoms. The lowest BCUT2D eigenvalue weighted by atomic mass is 9.80. The fourth-order valence-electron chi connectivity index (χ4n) is 1.05. The Hall–Kier alpha value is -0.570. The molecule has 0 amide bonds. The third kappa shape index (κ3) is 3.72. The SMILES string of the molecule is CCC(C)(CC)CCC(=O)OO. The molecule has 0 fully saturated rings. The summed E-state index contributed by atoms with van der Waals surface area (Å²) >= 11 is 0. The summed E-state index contributed by atoms with van der Waals surface area (Å²) in [5, 5.41) is 8.03. The van der Waals surface area contributed by atoms with Crippen LogP contribution in [-0.2, 0) is 9.68 Å². The van der Waals surface area contributed by atoms with Crippen LogP contribution in [0.3, 0.4) is 0 Å². The first-order valence-electron chi connectivity index (χ1n) is 4.42. The van der Waals surface area contributed by atoms with Gasteiger partial charge in [0.2, 0.25) is 0 Å². The Morgan fingerprint density at radius 3 is 2.25 bits per heavy atom. The molecule has 0 saturated heterocycles. The Bertz CT molecular complexity index is 139. The van der Waals surface area contributed by atoms with Crippen molar-refractivity contribution in [2.45, 2.75) is 46.5 Å². The number of hydrogen-bond acceptors (Lipinski definition) is 3. The minimum absolute atomic E-state index is 0.203. The van der Waals surface area contributed by atoms with Crippen molar-refractivity contribution >= 4 is 5.97 Å². The average molecular weight is 174 g/mol. The van der Waals surface area contributed by atoms with Crippen molar-refractivity contribution in [1.29, 1.82) is 0 Å². The molecule has 1 N–H and O–H groups in total. The van der Waals surface area contributed by atoms with E-state index in [2.05, 4.69) is 25.7 Å². The Morgan fingerprint density at radius 1 is 1.42 bits per heavy atom. The van der Waals surface area contributed by atoms with Crippen LogP contribution in [0.25, 0.3) is 0 Å². The molecule has 0 saturated carbocycles. The smallest absolute Gasteiger partial charge is 0.301 e. The van der Waals surface area contributed by atoms with Gasteiger partial charge in [-0.2, -0.15) is 5.26 Å². The molecule has 12 heavy (non-hydrogen) atoms. The largest absolute Gasteiger partial charge is 0.342 e. The van der Waals surface area contributed by atoms with Crippen molar-refractivity contribution in [2.24, 2.45) is 5.41 Å². The lowest BCUT2D eigenvalue weighted by Gasteiger charge is -2.25. The lowest BCUT2D eigenvalue weighted by molar-refractivity contribution is -0.234. The van der Waals surface area contributed by atoms with Crippen molar-refractivity contribution in [3.63, 3.8) is 0 Å². The van der Waals surface area contributed by atoms with Crippen LogP contribution in [0.2, 0.25) is 0 Å². The molecule has 0 aliphatic rings. The molecular weight excluding hydrogens is 156 g/mol. The first-order chi connectivity index (χ1) is 5.58. The highest BCUT2D eigenvalue weighted by Crippen LogP contribution is 2.30. The summed E-state index contributed by atoms with van der Waals surface area (Å²) < 4.78 is 0. The van der Waals surface area contributed by atoms with Crippen LogP contribution in [0, 0.1) is 5.41 Å². The lowest BCUT2D eigenvalue weighted by Crippen LogP contribution is -2.16. The maximum atomic E-state index is 10.6. The summed E-state index contributed by atoms with van der Waals surface area (Å²) in [6.07, 6.45) is 3.17. The minimum Gasteiger partial charge on any atom is -0.301 e. The summed E-state index contributed by atoms with van der Waals surface area (Å²) in [6.45, 7) is 6.35. The zero-order chi connectivity index (χ0) is 9.61. The van der Waals surface area contributed by atoms with Gasteiger partial charge in [-0.05, 0) is 11.8 Å². The van der Waals surface area contributed by atoms with E-state index in [-0.39, 0.29) is 5.41 Å². The van der Waals surface area contributed by atoms with E-state index in [0.717, 1.165) is 19.3 Å². The topological polar surface area (TPSA) is 46.5 Å². The second kappa shape index (κ2) is 5.14. The van der Waals surface area contributed by atoms with E-state index in [1.54, 1.807) is 0 Å². The number of carbonyl (C=O) groups excluding carboxylic acids is 1. The van der Waals surface area contributed by atoms with Gasteiger partial charge in [0, 0.05) is 6.42 Å². The first kappa shape index (κ1) is 11.4. The molecular formula is C9H18O3. The predicted molar refractivity (Wildman–Crippen MR) is 46.6 cm³/mol. The Kier molecular flexibility index (Phi) is 4.90.